The molecule has 1 N–H and O–H groups in total. The summed E-state index contributed by atoms with van der Waals surface area (Å²) in [5.41, 5.74) is 3.98. The highest BCUT2D eigenvalue weighted by Crippen LogP contribution is 2.37. The molecule has 1 atom stereocenters. The summed E-state index contributed by atoms with van der Waals surface area (Å²) in [5, 5.41) is 3.46. The molecule has 1 heterocycles. The van der Waals surface area contributed by atoms with Gasteiger partial charge in [0.05, 0.1) is 7.11 Å². The number of hydrogen-bond donors (Lipinski definition) is 1. The van der Waals surface area contributed by atoms with Crippen LogP contribution >= 0.6 is 0 Å². The van der Waals surface area contributed by atoms with Gasteiger partial charge < -0.3 is 10.1 Å². The monoisotopic (exact) mass is 239 g/mol. The molecule has 0 bridgehead atoms. The zero-order valence-corrected chi connectivity index (χ0v) is 10.5. The van der Waals surface area contributed by atoms with Crippen LogP contribution in [0.15, 0.2) is 48.5 Å². The molecule has 0 spiro atoms. The van der Waals surface area contributed by atoms with Crippen molar-refractivity contribution in [3.63, 3.8) is 0 Å². The van der Waals surface area contributed by atoms with Crippen LogP contribution in [0, 0.1) is 0 Å². The Hall–Kier alpha value is -1.96. The topological polar surface area (TPSA) is 21.3 Å². The normalized spacial score (nSPS) is 17.7. The molecule has 18 heavy (non-hydrogen) atoms. The SMILES string of the molecule is COc1cccc([C@H]2CCNc3ccccc32)c1. The Morgan fingerprint density at radius 3 is 2.89 bits per heavy atom. The molecule has 3 rings (SSSR count). The molecule has 1 aliphatic heterocycles. The van der Waals surface area contributed by atoms with Crippen LogP contribution in [0.1, 0.15) is 23.5 Å². The highest BCUT2D eigenvalue weighted by atomic mass is 16.5. The van der Waals surface area contributed by atoms with E-state index in [1.807, 2.05) is 6.07 Å². The fraction of sp³-hybridized carbons (Fsp3) is 0.250. The van der Waals surface area contributed by atoms with Crippen molar-refractivity contribution in [2.24, 2.45) is 0 Å². The molecule has 0 saturated heterocycles. The van der Waals surface area contributed by atoms with Gasteiger partial charge in [-0.2, -0.15) is 0 Å². The van der Waals surface area contributed by atoms with Crippen LogP contribution < -0.4 is 10.1 Å². The molecule has 2 aromatic carbocycles. The Bertz CT molecular complexity index is 550. The lowest BCUT2D eigenvalue weighted by atomic mass is 9.85. The second kappa shape index (κ2) is 4.73. The zero-order chi connectivity index (χ0) is 12.4. The van der Waals surface area contributed by atoms with Gasteiger partial charge in [0.15, 0.2) is 0 Å². The van der Waals surface area contributed by atoms with E-state index in [2.05, 4.69) is 47.8 Å². The van der Waals surface area contributed by atoms with Crippen LogP contribution in [-0.4, -0.2) is 13.7 Å². The highest BCUT2D eigenvalue weighted by Gasteiger charge is 2.21. The second-order valence-electron chi connectivity index (χ2n) is 4.63. The summed E-state index contributed by atoms with van der Waals surface area (Å²) in [6, 6.07) is 17.0. The summed E-state index contributed by atoms with van der Waals surface area (Å²) in [6.07, 6.45) is 1.13. The van der Waals surface area contributed by atoms with Gasteiger partial charge in [-0.1, -0.05) is 30.3 Å². The third-order valence-corrected chi connectivity index (χ3v) is 3.58. The zero-order valence-electron chi connectivity index (χ0n) is 10.5. The largest absolute Gasteiger partial charge is 0.497 e. The van der Waals surface area contributed by atoms with Crippen molar-refractivity contribution >= 4 is 5.69 Å². The van der Waals surface area contributed by atoms with Crippen molar-refractivity contribution in [1.29, 1.82) is 0 Å². The van der Waals surface area contributed by atoms with Crippen LogP contribution in [0.3, 0.4) is 0 Å². The van der Waals surface area contributed by atoms with E-state index < -0.39 is 0 Å². The maximum Gasteiger partial charge on any atom is 0.119 e. The van der Waals surface area contributed by atoms with Crippen LogP contribution in [0.5, 0.6) is 5.75 Å². The molecule has 2 heteroatoms. The fourth-order valence-corrected chi connectivity index (χ4v) is 2.67. The molecular weight excluding hydrogens is 222 g/mol. The maximum absolute atomic E-state index is 5.32. The Balaban J connectivity index is 2.02. The van der Waals surface area contributed by atoms with Gasteiger partial charge >= 0.3 is 0 Å². The van der Waals surface area contributed by atoms with Gasteiger partial charge in [0, 0.05) is 18.2 Å². The van der Waals surface area contributed by atoms with E-state index in [0.717, 1.165) is 18.7 Å². The molecule has 2 aromatic rings. The van der Waals surface area contributed by atoms with E-state index in [1.54, 1.807) is 7.11 Å². The van der Waals surface area contributed by atoms with Crippen LogP contribution in [0.2, 0.25) is 0 Å². The number of benzene rings is 2. The Morgan fingerprint density at radius 2 is 2.00 bits per heavy atom. The van der Waals surface area contributed by atoms with Crippen LogP contribution in [-0.2, 0) is 0 Å². The number of ether oxygens (including phenoxy) is 1. The first kappa shape index (κ1) is 11.1. The van der Waals surface area contributed by atoms with Gasteiger partial charge in [-0.05, 0) is 35.7 Å². The summed E-state index contributed by atoms with van der Waals surface area (Å²) in [7, 11) is 1.72. The number of fused-ring (bicyclic) bond motifs is 1. The molecular formula is C16H17NO. The molecule has 0 fully saturated rings. The summed E-state index contributed by atoms with van der Waals surface area (Å²) < 4.78 is 5.32. The van der Waals surface area contributed by atoms with E-state index in [0.29, 0.717) is 5.92 Å². The van der Waals surface area contributed by atoms with Gasteiger partial charge in [-0.15, -0.1) is 0 Å². The lowest BCUT2D eigenvalue weighted by Gasteiger charge is -2.27. The van der Waals surface area contributed by atoms with Crippen molar-refractivity contribution in [3.8, 4) is 5.75 Å². The first-order valence-corrected chi connectivity index (χ1v) is 6.35. The molecule has 2 nitrogen and oxygen atoms in total. The Kier molecular flexibility index (Phi) is 2.93. The lowest BCUT2D eigenvalue weighted by Crippen LogP contribution is -2.17. The number of methoxy groups -OCH3 is 1. The van der Waals surface area contributed by atoms with E-state index >= 15 is 0 Å². The average molecular weight is 239 g/mol. The molecule has 0 aromatic heterocycles. The first-order chi connectivity index (χ1) is 8.88. The van der Waals surface area contributed by atoms with Gasteiger partial charge in [0.25, 0.3) is 0 Å². The Labute approximate surface area is 108 Å². The molecule has 1 aliphatic rings. The molecule has 0 aliphatic carbocycles. The summed E-state index contributed by atoms with van der Waals surface area (Å²) >= 11 is 0. The first-order valence-electron chi connectivity index (χ1n) is 6.35. The minimum atomic E-state index is 0.470. The van der Waals surface area contributed by atoms with E-state index in [9.17, 15) is 0 Å². The molecule has 0 radical (unpaired) electrons. The standard InChI is InChI=1S/C16H17NO/c1-18-13-6-4-5-12(11-13)14-9-10-17-16-8-3-2-7-15(14)16/h2-8,11,14,17H,9-10H2,1H3/t14-/m1/s1. The van der Waals surface area contributed by atoms with Crippen molar-refractivity contribution in [1.82, 2.24) is 0 Å². The summed E-state index contributed by atoms with van der Waals surface area (Å²) in [4.78, 5) is 0. The van der Waals surface area contributed by atoms with Gasteiger partial charge in [-0.25, -0.2) is 0 Å². The molecule has 0 saturated carbocycles. The third-order valence-electron chi connectivity index (χ3n) is 3.58. The van der Waals surface area contributed by atoms with Crippen molar-refractivity contribution in [2.45, 2.75) is 12.3 Å². The predicted molar refractivity (Wildman–Crippen MR) is 74.4 cm³/mol. The molecule has 0 unspecified atom stereocenters. The minimum Gasteiger partial charge on any atom is -0.497 e. The Morgan fingerprint density at radius 1 is 1.11 bits per heavy atom. The van der Waals surface area contributed by atoms with Crippen molar-refractivity contribution in [3.05, 3.63) is 59.7 Å². The predicted octanol–water partition coefficient (Wildman–Crippen LogP) is 3.64. The molecule has 0 amide bonds. The van der Waals surface area contributed by atoms with E-state index in [1.165, 1.54) is 16.8 Å². The number of hydrogen-bond acceptors (Lipinski definition) is 2. The lowest BCUT2D eigenvalue weighted by molar-refractivity contribution is 0.414. The fourth-order valence-electron chi connectivity index (χ4n) is 2.67. The summed E-state index contributed by atoms with van der Waals surface area (Å²) in [6.45, 7) is 1.03. The number of rotatable bonds is 2. The van der Waals surface area contributed by atoms with Crippen molar-refractivity contribution < 1.29 is 4.74 Å². The quantitative estimate of drug-likeness (QED) is 0.863. The van der Waals surface area contributed by atoms with Crippen LogP contribution in [0.4, 0.5) is 5.69 Å². The third kappa shape index (κ3) is 1.94. The minimum absolute atomic E-state index is 0.470. The van der Waals surface area contributed by atoms with Crippen molar-refractivity contribution in [2.75, 3.05) is 19.0 Å². The number of anilines is 1. The average Bonchev–Trinajstić information content (AvgIpc) is 2.47. The molecule has 92 valence electrons. The highest BCUT2D eigenvalue weighted by molar-refractivity contribution is 5.57. The van der Waals surface area contributed by atoms with Gasteiger partial charge in [0.1, 0.15) is 5.75 Å². The van der Waals surface area contributed by atoms with Crippen LogP contribution in [0.25, 0.3) is 0 Å². The van der Waals surface area contributed by atoms with Gasteiger partial charge in [0.2, 0.25) is 0 Å². The summed E-state index contributed by atoms with van der Waals surface area (Å²) in [5.74, 6) is 1.40. The second-order valence-corrected chi connectivity index (χ2v) is 4.63. The number of nitrogens with one attached hydrogen (secondary N) is 1. The maximum atomic E-state index is 5.32. The smallest absolute Gasteiger partial charge is 0.119 e. The van der Waals surface area contributed by atoms with E-state index in [-0.39, 0.29) is 0 Å². The number of para-hydroxylation sites is 1. The van der Waals surface area contributed by atoms with Gasteiger partial charge in [-0.3, -0.25) is 0 Å². The van der Waals surface area contributed by atoms with E-state index in [4.69, 9.17) is 4.74 Å².